The normalized spacial score (nSPS) is 11.6. The second kappa shape index (κ2) is 16.9. The molecule has 0 amide bonds. The topological polar surface area (TPSA) is 61.8 Å². The molecule has 0 spiro atoms. The fourth-order valence-corrected chi connectivity index (χ4v) is 17.1. The van der Waals surface area contributed by atoms with E-state index in [9.17, 15) is 9.59 Å². The first kappa shape index (κ1) is 37.5. The van der Waals surface area contributed by atoms with Crippen LogP contribution in [0.15, 0.2) is 121 Å². The van der Waals surface area contributed by atoms with E-state index in [4.69, 9.17) is 13.6 Å². The highest BCUT2D eigenvalue weighted by Crippen LogP contribution is 2.27. The summed E-state index contributed by atoms with van der Waals surface area (Å²) in [6, 6.07) is 36.4. The lowest BCUT2D eigenvalue weighted by atomic mass is 10.2. The Morgan fingerprint density at radius 1 is 0.490 bits per heavy atom. The molecule has 0 aliphatic carbocycles. The number of aryl methyl sites for hydroxylation is 4. The van der Waals surface area contributed by atoms with Gasteiger partial charge in [-0.1, -0.05) is 132 Å². The third kappa shape index (κ3) is 9.44. The molecule has 0 fully saturated rings. The fraction of sp³-hybridized carbons (Fsp3) is 0.286. The number of carbonyl (C=O) groups is 2. The van der Waals surface area contributed by atoms with Crippen molar-refractivity contribution in [1.29, 1.82) is 0 Å². The van der Waals surface area contributed by atoms with E-state index in [2.05, 4.69) is 138 Å². The summed E-state index contributed by atoms with van der Waals surface area (Å²) in [6.45, 7) is 19.8. The first-order chi connectivity index (χ1) is 23.4. The van der Waals surface area contributed by atoms with Gasteiger partial charge in [0.2, 0.25) is 16.6 Å². The van der Waals surface area contributed by atoms with Crippen LogP contribution in [0.3, 0.4) is 0 Å². The van der Waals surface area contributed by atoms with E-state index in [0.29, 0.717) is 36.1 Å². The summed E-state index contributed by atoms with van der Waals surface area (Å²) in [5, 5.41) is 4.66. The molecule has 4 aromatic carbocycles. The van der Waals surface area contributed by atoms with Crippen molar-refractivity contribution < 1.29 is 23.2 Å². The zero-order chi connectivity index (χ0) is 35.6. The second-order valence-corrected chi connectivity index (χ2v) is 20.7. The molecule has 7 heteroatoms. The number of esters is 2. The molecule has 4 aromatic rings. The molecule has 0 atom stereocenters. The van der Waals surface area contributed by atoms with Gasteiger partial charge in [0.1, 0.15) is 0 Å². The molecule has 0 saturated heterocycles. The smallest absolute Gasteiger partial charge is 0.333 e. The van der Waals surface area contributed by atoms with Crippen molar-refractivity contribution >= 4 is 49.3 Å². The molecular weight excluding hydrogens is 641 g/mol. The SMILES string of the molecule is C=C(C)C(=O)OCCC[Si](O[Si](CCCOC(=O)C(=C)C)(c1ccc(C)cc1)c1ccc(C)cc1)(c1ccc(C)cc1)c1ccc(C)cc1. The van der Waals surface area contributed by atoms with Gasteiger partial charge in [-0.05, 0) is 87.2 Å². The zero-order valence-electron chi connectivity index (χ0n) is 29.9. The number of ether oxygens (including phenoxy) is 2. The van der Waals surface area contributed by atoms with Crippen LogP contribution >= 0.6 is 0 Å². The number of hydrogen-bond acceptors (Lipinski definition) is 5. The first-order valence-corrected chi connectivity index (χ1v) is 21.2. The maximum absolute atomic E-state index is 12.4. The van der Waals surface area contributed by atoms with Crippen LogP contribution in [0.5, 0.6) is 0 Å². The summed E-state index contributed by atoms with van der Waals surface area (Å²) in [5.74, 6) is -0.766. The van der Waals surface area contributed by atoms with Crippen LogP contribution in [0.1, 0.15) is 48.9 Å². The van der Waals surface area contributed by atoms with Crippen molar-refractivity contribution in [2.75, 3.05) is 13.2 Å². The van der Waals surface area contributed by atoms with E-state index in [-0.39, 0.29) is 25.2 Å². The van der Waals surface area contributed by atoms with E-state index in [1.54, 1.807) is 13.8 Å². The molecule has 256 valence electrons. The van der Waals surface area contributed by atoms with Crippen LogP contribution in [0.2, 0.25) is 12.1 Å². The third-order valence-corrected chi connectivity index (χ3v) is 18.9. The van der Waals surface area contributed by atoms with Crippen molar-refractivity contribution in [2.24, 2.45) is 0 Å². The monoisotopic (exact) mass is 690 g/mol. The van der Waals surface area contributed by atoms with Gasteiger partial charge in [0.25, 0.3) is 0 Å². The molecule has 0 aliphatic rings. The maximum Gasteiger partial charge on any atom is 0.333 e. The molecule has 0 aromatic heterocycles. The molecular formula is C42H50O5Si2. The Bertz CT molecular complexity index is 1520. The first-order valence-electron chi connectivity index (χ1n) is 17.0. The standard InChI is InChI=1S/C42H50O5Si2/c1-31(2)41(43)45-27-9-29-48(37-19-11-33(5)12-20-37,38-21-13-34(6)14-22-38)47-49(39-23-15-35(7)16-24-39,40-25-17-36(8)18-26-40)30-10-28-46-42(44)32(3)4/h11-26H,1,3,9-10,27-30H2,2,4-8H3. The third-order valence-electron chi connectivity index (χ3n) is 8.93. The fourth-order valence-electron chi connectivity index (χ4n) is 6.06. The molecule has 4 rings (SSSR count). The summed E-state index contributed by atoms with van der Waals surface area (Å²) < 4.78 is 19.5. The van der Waals surface area contributed by atoms with Gasteiger partial charge in [-0.2, -0.15) is 0 Å². The molecule has 0 unspecified atom stereocenters. The quantitative estimate of drug-likeness (QED) is 0.0562. The van der Waals surface area contributed by atoms with Crippen molar-refractivity contribution in [3.8, 4) is 0 Å². The highest BCUT2D eigenvalue weighted by atomic mass is 28.4. The lowest BCUT2D eigenvalue weighted by Crippen LogP contribution is -2.73. The van der Waals surface area contributed by atoms with Gasteiger partial charge in [0, 0.05) is 11.1 Å². The minimum Gasteiger partial charge on any atom is -0.462 e. The van der Waals surface area contributed by atoms with Gasteiger partial charge >= 0.3 is 11.9 Å². The summed E-state index contributed by atoms with van der Waals surface area (Å²) in [7, 11) is -6.19. The Labute approximate surface area is 294 Å². The summed E-state index contributed by atoms with van der Waals surface area (Å²) in [5.41, 5.74) is 5.46. The van der Waals surface area contributed by atoms with E-state index < -0.39 is 16.6 Å². The zero-order valence-corrected chi connectivity index (χ0v) is 31.9. The van der Waals surface area contributed by atoms with Crippen LogP contribution < -0.4 is 20.7 Å². The molecule has 5 nitrogen and oxygen atoms in total. The van der Waals surface area contributed by atoms with Gasteiger partial charge in [0.15, 0.2) is 0 Å². The van der Waals surface area contributed by atoms with Gasteiger partial charge in [-0.3, -0.25) is 0 Å². The van der Waals surface area contributed by atoms with E-state index >= 15 is 0 Å². The largest absolute Gasteiger partial charge is 0.462 e. The Kier molecular flexibility index (Phi) is 12.9. The molecule has 0 N–H and O–H groups in total. The molecule has 0 bridgehead atoms. The minimum atomic E-state index is -3.09. The highest BCUT2D eigenvalue weighted by molar-refractivity contribution is 7.09. The van der Waals surface area contributed by atoms with Crippen molar-refractivity contribution in [2.45, 2.75) is 66.5 Å². The number of benzene rings is 4. The minimum absolute atomic E-state index is 0.266. The molecule has 49 heavy (non-hydrogen) atoms. The van der Waals surface area contributed by atoms with Crippen molar-refractivity contribution in [1.82, 2.24) is 0 Å². The average molecular weight is 691 g/mol. The van der Waals surface area contributed by atoms with Crippen LogP contribution in [0.25, 0.3) is 0 Å². The molecule has 0 heterocycles. The van der Waals surface area contributed by atoms with E-state index in [1.807, 2.05) is 0 Å². The Hall–Kier alpha value is -4.31. The predicted molar refractivity (Wildman–Crippen MR) is 206 cm³/mol. The summed E-state index contributed by atoms with van der Waals surface area (Å²) in [4.78, 5) is 24.8. The van der Waals surface area contributed by atoms with Crippen molar-refractivity contribution in [3.05, 3.63) is 144 Å². The lowest BCUT2D eigenvalue weighted by molar-refractivity contribution is -0.139. The van der Waals surface area contributed by atoms with Gasteiger partial charge in [0.05, 0.1) is 13.2 Å². The maximum atomic E-state index is 12.4. The number of carbonyl (C=O) groups excluding carboxylic acids is 2. The molecule has 0 radical (unpaired) electrons. The number of rotatable bonds is 16. The second-order valence-electron chi connectivity index (χ2n) is 13.3. The van der Waals surface area contributed by atoms with Gasteiger partial charge in [-0.25, -0.2) is 9.59 Å². The van der Waals surface area contributed by atoms with Crippen LogP contribution in [0, 0.1) is 27.7 Å². The Morgan fingerprint density at radius 2 is 0.735 bits per heavy atom. The molecule has 0 aliphatic heterocycles. The summed E-state index contributed by atoms with van der Waals surface area (Å²) in [6.07, 6.45) is 1.24. The summed E-state index contributed by atoms with van der Waals surface area (Å²) >= 11 is 0. The van der Waals surface area contributed by atoms with Gasteiger partial charge < -0.3 is 13.6 Å². The Balaban J connectivity index is 1.96. The van der Waals surface area contributed by atoms with E-state index in [1.165, 1.54) is 22.3 Å². The number of hydrogen-bond donors (Lipinski definition) is 0. The average Bonchev–Trinajstić information content (AvgIpc) is 3.08. The van der Waals surface area contributed by atoms with Crippen LogP contribution in [-0.2, 0) is 23.2 Å². The van der Waals surface area contributed by atoms with Crippen LogP contribution in [0.4, 0.5) is 0 Å². The predicted octanol–water partition coefficient (Wildman–Crippen LogP) is 6.78. The van der Waals surface area contributed by atoms with E-state index in [0.717, 1.165) is 20.7 Å². The molecule has 0 saturated carbocycles. The van der Waals surface area contributed by atoms with Crippen LogP contribution in [-0.4, -0.2) is 41.8 Å². The lowest BCUT2D eigenvalue weighted by Gasteiger charge is -2.44. The Morgan fingerprint density at radius 3 is 0.959 bits per heavy atom. The highest BCUT2D eigenvalue weighted by Gasteiger charge is 2.50. The van der Waals surface area contributed by atoms with Crippen molar-refractivity contribution in [3.63, 3.8) is 0 Å². The van der Waals surface area contributed by atoms with Gasteiger partial charge in [-0.15, -0.1) is 0 Å².